The zero-order valence-electron chi connectivity index (χ0n) is 10.5. The minimum absolute atomic E-state index is 0.740. The summed E-state index contributed by atoms with van der Waals surface area (Å²) in [4.78, 5) is 5.51. The summed E-state index contributed by atoms with van der Waals surface area (Å²) < 4.78 is 0. The zero-order chi connectivity index (χ0) is 11.0. The Morgan fingerprint density at radius 3 is 2.81 bits per heavy atom. The van der Waals surface area contributed by atoms with Crippen LogP contribution in [-0.4, -0.2) is 60.6 Å². The van der Waals surface area contributed by atoms with Crippen LogP contribution in [0.2, 0.25) is 0 Å². The van der Waals surface area contributed by atoms with Gasteiger partial charge in [-0.2, -0.15) is 0 Å². The molecule has 0 aromatic rings. The average Bonchev–Trinajstić information content (AvgIpc) is 2.90. The summed E-state index contributed by atoms with van der Waals surface area (Å²) in [7, 11) is 0. The topological polar surface area (TPSA) is 18.5 Å². The second-order valence-electron chi connectivity index (χ2n) is 5.66. The molecule has 0 spiro atoms. The molecule has 3 heteroatoms. The van der Waals surface area contributed by atoms with Gasteiger partial charge < -0.3 is 5.32 Å². The first-order valence-corrected chi connectivity index (χ1v) is 7.10. The molecule has 3 aliphatic rings. The summed E-state index contributed by atoms with van der Waals surface area (Å²) >= 11 is 0. The number of rotatable bonds is 2. The van der Waals surface area contributed by atoms with Crippen LogP contribution in [0.5, 0.6) is 0 Å². The van der Waals surface area contributed by atoms with Gasteiger partial charge in [-0.15, -0.1) is 0 Å². The van der Waals surface area contributed by atoms with E-state index in [1.807, 2.05) is 0 Å². The molecular weight excluding hydrogens is 198 g/mol. The molecule has 0 bridgehead atoms. The molecule has 3 nitrogen and oxygen atoms in total. The number of hydrogen-bond acceptors (Lipinski definition) is 3. The third-order valence-electron chi connectivity index (χ3n) is 4.82. The third-order valence-corrected chi connectivity index (χ3v) is 4.82. The predicted octanol–water partition coefficient (Wildman–Crippen LogP) is 0.907. The summed E-state index contributed by atoms with van der Waals surface area (Å²) in [5.41, 5.74) is 0. The van der Waals surface area contributed by atoms with Crippen molar-refractivity contribution in [3.63, 3.8) is 0 Å². The zero-order valence-corrected chi connectivity index (χ0v) is 10.5. The smallest absolute Gasteiger partial charge is 0.0264 e. The molecule has 16 heavy (non-hydrogen) atoms. The average molecular weight is 223 g/mol. The first kappa shape index (κ1) is 11.0. The molecule has 3 saturated heterocycles. The molecule has 0 aromatic carbocycles. The van der Waals surface area contributed by atoms with Crippen LogP contribution in [0.4, 0.5) is 0 Å². The molecule has 3 heterocycles. The SMILES string of the molecule is CCC1CN(C2CCN3CCCC23)CCN1. The molecule has 3 atom stereocenters. The summed E-state index contributed by atoms with van der Waals surface area (Å²) in [5.74, 6) is 0. The molecular formula is C13H25N3. The fourth-order valence-electron chi connectivity index (χ4n) is 3.91. The Kier molecular flexibility index (Phi) is 3.18. The van der Waals surface area contributed by atoms with Gasteiger partial charge in [-0.25, -0.2) is 0 Å². The van der Waals surface area contributed by atoms with E-state index in [0.29, 0.717) is 0 Å². The molecule has 3 aliphatic heterocycles. The fraction of sp³-hybridized carbons (Fsp3) is 1.00. The summed E-state index contributed by atoms with van der Waals surface area (Å²) in [6.45, 7) is 8.77. The van der Waals surface area contributed by atoms with Crippen LogP contribution >= 0.6 is 0 Å². The Labute approximate surface area is 99.2 Å². The van der Waals surface area contributed by atoms with Gasteiger partial charge in [0.25, 0.3) is 0 Å². The van der Waals surface area contributed by atoms with E-state index in [2.05, 4.69) is 22.0 Å². The van der Waals surface area contributed by atoms with Crippen molar-refractivity contribution in [2.75, 3.05) is 32.7 Å². The van der Waals surface area contributed by atoms with Gasteiger partial charge in [0, 0.05) is 44.3 Å². The molecule has 0 saturated carbocycles. The Morgan fingerprint density at radius 2 is 1.94 bits per heavy atom. The van der Waals surface area contributed by atoms with Crippen LogP contribution < -0.4 is 5.32 Å². The van der Waals surface area contributed by atoms with Crippen molar-refractivity contribution in [3.05, 3.63) is 0 Å². The first-order chi connectivity index (χ1) is 7.88. The Hall–Kier alpha value is -0.120. The number of hydrogen-bond donors (Lipinski definition) is 1. The van der Waals surface area contributed by atoms with E-state index in [9.17, 15) is 0 Å². The van der Waals surface area contributed by atoms with Crippen molar-refractivity contribution >= 4 is 0 Å². The molecule has 0 aromatic heterocycles. The molecule has 3 fully saturated rings. The van der Waals surface area contributed by atoms with Crippen LogP contribution in [0.3, 0.4) is 0 Å². The number of piperazine rings is 1. The van der Waals surface area contributed by atoms with Crippen LogP contribution in [-0.2, 0) is 0 Å². The number of fused-ring (bicyclic) bond motifs is 1. The predicted molar refractivity (Wildman–Crippen MR) is 66.7 cm³/mol. The van der Waals surface area contributed by atoms with Crippen molar-refractivity contribution in [1.82, 2.24) is 15.1 Å². The van der Waals surface area contributed by atoms with Gasteiger partial charge in [-0.1, -0.05) is 6.92 Å². The van der Waals surface area contributed by atoms with Crippen molar-refractivity contribution in [3.8, 4) is 0 Å². The monoisotopic (exact) mass is 223 g/mol. The third kappa shape index (κ3) is 1.89. The number of nitrogens with zero attached hydrogens (tertiary/aromatic N) is 2. The van der Waals surface area contributed by atoms with Gasteiger partial charge in [0.1, 0.15) is 0 Å². The second kappa shape index (κ2) is 4.63. The van der Waals surface area contributed by atoms with E-state index in [4.69, 9.17) is 0 Å². The van der Waals surface area contributed by atoms with Gasteiger partial charge in [-0.05, 0) is 32.2 Å². The lowest BCUT2D eigenvalue weighted by molar-refractivity contribution is 0.119. The minimum atomic E-state index is 0.740. The van der Waals surface area contributed by atoms with Crippen molar-refractivity contribution in [2.45, 2.75) is 50.7 Å². The molecule has 3 unspecified atom stereocenters. The first-order valence-electron chi connectivity index (χ1n) is 7.10. The second-order valence-corrected chi connectivity index (χ2v) is 5.66. The minimum Gasteiger partial charge on any atom is -0.311 e. The summed E-state index contributed by atoms with van der Waals surface area (Å²) in [5, 5.41) is 3.63. The van der Waals surface area contributed by atoms with E-state index < -0.39 is 0 Å². The number of nitrogens with one attached hydrogen (secondary N) is 1. The van der Waals surface area contributed by atoms with Crippen molar-refractivity contribution < 1.29 is 0 Å². The maximum absolute atomic E-state index is 3.63. The summed E-state index contributed by atoms with van der Waals surface area (Å²) in [6.07, 6.45) is 5.58. The maximum atomic E-state index is 3.63. The molecule has 92 valence electrons. The lowest BCUT2D eigenvalue weighted by atomic mass is 10.0. The van der Waals surface area contributed by atoms with Crippen molar-refractivity contribution in [2.24, 2.45) is 0 Å². The molecule has 0 radical (unpaired) electrons. The Balaban J connectivity index is 1.63. The van der Waals surface area contributed by atoms with Crippen LogP contribution in [0, 0.1) is 0 Å². The van der Waals surface area contributed by atoms with E-state index in [1.54, 1.807) is 0 Å². The lowest BCUT2D eigenvalue weighted by Crippen LogP contribution is -2.55. The lowest BCUT2D eigenvalue weighted by Gasteiger charge is -2.39. The van der Waals surface area contributed by atoms with Gasteiger partial charge in [0.05, 0.1) is 0 Å². The van der Waals surface area contributed by atoms with E-state index in [-0.39, 0.29) is 0 Å². The van der Waals surface area contributed by atoms with E-state index in [0.717, 1.165) is 18.1 Å². The standard InChI is InChI=1S/C13H25N3/c1-2-11-10-16(9-6-14-11)13-5-8-15-7-3-4-12(13)15/h11-14H,2-10H2,1H3. The highest BCUT2D eigenvalue weighted by molar-refractivity contribution is 4.98. The van der Waals surface area contributed by atoms with Gasteiger partial charge >= 0.3 is 0 Å². The van der Waals surface area contributed by atoms with Gasteiger partial charge in [-0.3, -0.25) is 9.80 Å². The fourth-order valence-corrected chi connectivity index (χ4v) is 3.91. The molecule has 0 aliphatic carbocycles. The Bertz CT molecular complexity index is 243. The molecule has 0 amide bonds. The molecule has 1 N–H and O–H groups in total. The maximum Gasteiger partial charge on any atom is 0.0264 e. The van der Waals surface area contributed by atoms with E-state index in [1.165, 1.54) is 58.4 Å². The van der Waals surface area contributed by atoms with Gasteiger partial charge in [0.15, 0.2) is 0 Å². The molecule has 3 rings (SSSR count). The summed E-state index contributed by atoms with van der Waals surface area (Å²) in [6, 6.07) is 2.51. The van der Waals surface area contributed by atoms with Crippen LogP contribution in [0.1, 0.15) is 32.6 Å². The van der Waals surface area contributed by atoms with Crippen LogP contribution in [0.25, 0.3) is 0 Å². The van der Waals surface area contributed by atoms with Gasteiger partial charge in [0.2, 0.25) is 0 Å². The van der Waals surface area contributed by atoms with Crippen LogP contribution in [0.15, 0.2) is 0 Å². The quantitative estimate of drug-likeness (QED) is 0.750. The highest BCUT2D eigenvalue weighted by Crippen LogP contribution is 2.31. The van der Waals surface area contributed by atoms with E-state index >= 15 is 0 Å². The Morgan fingerprint density at radius 1 is 1.06 bits per heavy atom. The van der Waals surface area contributed by atoms with Crippen molar-refractivity contribution in [1.29, 1.82) is 0 Å². The highest BCUT2D eigenvalue weighted by atomic mass is 15.3. The highest BCUT2D eigenvalue weighted by Gasteiger charge is 2.40. The largest absolute Gasteiger partial charge is 0.311 e. The normalized spacial score (nSPS) is 41.4.